The summed E-state index contributed by atoms with van der Waals surface area (Å²) in [5.74, 6) is 0. The molecule has 1 heterocycles. The van der Waals surface area contributed by atoms with Gasteiger partial charge in [-0.3, -0.25) is 0 Å². The summed E-state index contributed by atoms with van der Waals surface area (Å²) in [7, 11) is -12.0. The molecule has 0 spiro atoms. The summed E-state index contributed by atoms with van der Waals surface area (Å²) in [4.78, 5) is 0. The Morgan fingerprint density at radius 3 is 1.30 bits per heavy atom. The second-order valence-corrected chi connectivity index (χ2v) is 21.9. The smallest absolute Gasteiger partial charge is 0.390 e. The first-order valence-corrected chi connectivity index (χ1v) is 20.7. The highest BCUT2D eigenvalue weighted by Gasteiger charge is 2.55. The van der Waals surface area contributed by atoms with Crippen molar-refractivity contribution >= 4 is 72.4 Å². The van der Waals surface area contributed by atoms with Crippen molar-refractivity contribution in [1.29, 1.82) is 0 Å². The lowest BCUT2D eigenvalue weighted by Crippen LogP contribution is -2.77. The lowest BCUT2D eigenvalue weighted by Gasteiger charge is -2.43. The molecule has 1 fully saturated rings. The van der Waals surface area contributed by atoms with Crippen LogP contribution in [0.2, 0.25) is 0 Å². The van der Waals surface area contributed by atoms with Crippen molar-refractivity contribution in [3.8, 4) is 0 Å². The number of hydrogen-bond donors (Lipinski definition) is 0. The second-order valence-electron chi connectivity index (χ2n) is 9.41. The maximum absolute atomic E-state index is 7.76. The van der Waals surface area contributed by atoms with Crippen molar-refractivity contribution in [1.82, 2.24) is 0 Å². The van der Waals surface area contributed by atoms with Gasteiger partial charge in [0.25, 0.3) is 20.0 Å². The SMILES string of the molecule is c1ccc([SiH]2O[SiH2]O[SiH2]O[Si](c3ccccc3)(c3ccccc3)O[Si](c3ccccc3)(c3ccccc3)O2)cc1. The average molecular weight is 611 g/mol. The van der Waals surface area contributed by atoms with Gasteiger partial charge in [-0.05, 0) is 25.9 Å². The van der Waals surface area contributed by atoms with Crippen LogP contribution in [0.15, 0.2) is 152 Å². The summed E-state index contributed by atoms with van der Waals surface area (Å²) in [6, 6.07) is 51.8. The summed E-state index contributed by atoms with van der Waals surface area (Å²) >= 11 is 0. The van der Waals surface area contributed by atoms with Crippen LogP contribution in [0, 0.1) is 0 Å². The molecule has 200 valence electrons. The molecule has 40 heavy (non-hydrogen) atoms. The molecule has 0 amide bonds. The number of hydrogen-bond acceptors (Lipinski definition) is 5. The molecule has 0 N–H and O–H groups in total. The predicted octanol–water partition coefficient (Wildman–Crippen LogP) is 0.721. The van der Waals surface area contributed by atoms with Crippen LogP contribution in [-0.2, 0) is 20.6 Å². The van der Waals surface area contributed by atoms with E-state index in [0.717, 1.165) is 25.9 Å². The van der Waals surface area contributed by atoms with E-state index in [1.165, 1.54) is 0 Å². The Morgan fingerprint density at radius 1 is 0.450 bits per heavy atom. The summed E-state index contributed by atoms with van der Waals surface area (Å²) in [6.45, 7) is 0. The molecule has 1 atom stereocenters. The van der Waals surface area contributed by atoms with Crippen LogP contribution < -0.4 is 25.9 Å². The Bertz CT molecular complexity index is 1400. The first-order valence-electron chi connectivity index (χ1n) is 13.3. The van der Waals surface area contributed by atoms with Gasteiger partial charge in [0, 0.05) is 0 Å². The fourth-order valence-electron chi connectivity index (χ4n) is 4.99. The molecule has 0 aromatic heterocycles. The van der Waals surface area contributed by atoms with Gasteiger partial charge in [-0.1, -0.05) is 152 Å². The highest BCUT2D eigenvalue weighted by Crippen LogP contribution is 2.21. The first-order chi connectivity index (χ1) is 19.8. The monoisotopic (exact) mass is 610 g/mol. The molecule has 5 aromatic carbocycles. The van der Waals surface area contributed by atoms with Gasteiger partial charge in [0.15, 0.2) is 0 Å². The van der Waals surface area contributed by atoms with E-state index in [9.17, 15) is 0 Å². The van der Waals surface area contributed by atoms with Crippen LogP contribution in [0.1, 0.15) is 0 Å². The van der Waals surface area contributed by atoms with Crippen molar-refractivity contribution in [2.45, 2.75) is 0 Å². The van der Waals surface area contributed by atoms with Crippen molar-refractivity contribution in [2.75, 3.05) is 0 Å². The molecule has 10 heteroatoms. The normalized spacial score (nSPS) is 20.1. The molecule has 1 saturated heterocycles. The van der Waals surface area contributed by atoms with E-state index in [4.69, 9.17) is 20.6 Å². The maximum atomic E-state index is 7.76. The van der Waals surface area contributed by atoms with Crippen LogP contribution in [0.4, 0.5) is 0 Å². The van der Waals surface area contributed by atoms with Gasteiger partial charge in [0.2, 0.25) is 0 Å². The van der Waals surface area contributed by atoms with Gasteiger partial charge >= 0.3 is 26.4 Å². The van der Waals surface area contributed by atoms with Gasteiger partial charge in [-0.2, -0.15) is 0 Å². The third-order valence-electron chi connectivity index (χ3n) is 6.90. The molecular weight excluding hydrogens is 581 g/mol. The standard InChI is InChI=1S/C30H30O5Si5/c1-6-16-26(17-7-1)38-32-36-31-37-33-39(27-18-8-2-9-19-27,28-20-10-3-11-21-28)35-40(34-38,29-22-12-4-13-23-29)30-24-14-5-15-25-30/h1-25,38H,36-37H2. The second kappa shape index (κ2) is 12.7. The quantitative estimate of drug-likeness (QED) is 0.275. The van der Waals surface area contributed by atoms with Crippen molar-refractivity contribution in [3.63, 3.8) is 0 Å². The van der Waals surface area contributed by atoms with Crippen LogP contribution in [0.5, 0.6) is 0 Å². The Hall–Kier alpha value is -3.02. The molecule has 5 nitrogen and oxygen atoms in total. The lowest BCUT2D eigenvalue weighted by atomic mass is 10.4. The molecular formula is C30H30O5Si5. The lowest BCUT2D eigenvalue weighted by molar-refractivity contribution is 0.304. The average Bonchev–Trinajstić information content (AvgIpc) is 3.05. The maximum Gasteiger partial charge on any atom is 0.390 e. The van der Waals surface area contributed by atoms with Crippen LogP contribution in [0.3, 0.4) is 0 Å². The van der Waals surface area contributed by atoms with E-state index in [0.29, 0.717) is 0 Å². The summed E-state index contributed by atoms with van der Waals surface area (Å²) < 4.78 is 34.9. The Morgan fingerprint density at radius 2 is 0.850 bits per heavy atom. The molecule has 0 saturated carbocycles. The zero-order valence-corrected chi connectivity index (χ0v) is 27.9. The minimum atomic E-state index is -3.46. The highest BCUT2D eigenvalue weighted by atomic mass is 28.5. The number of rotatable bonds is 5. The van der Waals surface area contributed by atoms with Crippen molar-refractivity contribution < 1.29 is 20.6 Å². The van der Waals surface area contributed by atoms with Gasteiger partial charge in [-0.25, -0.2) is 0 Å². The summed E-state index contributed by atoms with van der Waals surface area (Å²) in [6.07, 6.45) is 0. The topological polar surface area (TPSA) is 46.2 Å². The molecule has 1 aliphatic heterocycles. The molecule has 0 radical (unpaired) electrons. The van der Waals surface area contributed by atoms with E-state index in [1.807, 2.05) is 42.5 Å². The zero-order valence-electron chi connectivity index (χ0n) is 22.0. The highest BCUT2D eigenvalue weighted by molar-refractivity contribution is 7.07. The summed E-state index contributed by atoms with van der Waals surface area (Å²) in [5, 5.41) is 5.18. The minimum Gasteiger partial charge on any atom is -0.425 e. The Labute approximate surface area is 243 Å². The predicted molar refractivity (Wildman–Crippen MR) is 172 cm³/mol. The first kappa shape index (κ1) is 27.2. The van der Waals surface area contributed by atoms with Crippen LogP contribution >= 0.6 is 0 Å². The van der Waals surface area contributed by atoms with E-state index >= 15 is 0 Å². The van der Waals surface area contributed by atoms with Gasteiger partial charge in [0.1, 0.15) is 0 Å². The molecule has 5 aromatic rings. The van der Waals surface area contributed by atoms with E-state index in [1.54, 1.807) is 0 Å². The van der Waals surface area contributed by atoms with E-state index in [-0.39, 0.29) is 0 Å². The third-order valence-corrected chi connectivity index (χ3v) is 21.9. The van der Waals surface area contributed by atoms with Gasteiger partial charge in [0.05, 0.1) is 0 Å². The van der Waals surface area contributed by atoms with Crippen molar-refractivity contribution in [3.05, 3.63) is 152 Å². The minimum absolute atomic E-state index is 1.02. The molecule has 0 aliphatic carbocycles. The van der Waals surface area contributed by atoms with Crippen molar-refractivity contribution in [2.24, 2.45) is 0 Å². The third kappa shape index (κ3) is 5.59. The van der Waals surface area contributed by atoms with E-state index in [2.05, 4.69) is 109 Å². The Kier molecular flexibility index (Phi) is 8.60. The molecule has 0 bridgehead atoms. The van der Waals surface area contributed by atoms with Gasteiger partial charge in [-0.15, -0.1) is 0 Å². The van der Waals surface area contributed by atoms with Crippen LogP contribution in [-0.4, -0.2) is 46.4 Å². The van der Waals surface area contributed by atoms with E-state index < -0.39 is 46.4 Å². The van der Waals surface area contributed by atoms with Gasteiger partial charge < -0.3 is 20.6 Å². The number of benzene rings is 5. The Balaban J connectivity index is 1.64. The summed E-state index contributed by atoms with van der Waals surface area (Å²) in [5.41, 5.74) is 0. The fourth-order valence-corrected chi connectivity index (χ4v) is 23.2. The zero-order chi connectivity index (χ0) is 27.1. The fraction of sp³-hybridized carbons (Fsp3) is 0. The molecule has 6 rings (SSSR count). The molecule has 1 unspecified atom stereocenters. The largest absolute Gasteiger partial charge is 0.425 e. The van der Waals surface area contributed by atoms with Crippen LogP contribution in [0.25, 0.3) is 0 Å². The molecule has 1 aliphatic rings.